The van der Waals surface area contributed by atoms with E-state index in [1.165, 1.54) is 9.80 Å². The van der Waals surface area contributed by atoms with Crippen molar-refractivity contribution >= 4 is 23.8 Å². The molecule has 0 radical (unpaired) electrons. The van der Waals surface area contributed by atoms with Gasteiger partial charge in [-0.2, -0.15) is 0 Å². The molecule has 8 nitrogen and oxygen atoms in total. The molecular formula is C19H32N4O4. The van der Waals surface area contributed by atoms with Crippen LogP contribution in [0.3, 0.4) is 0 Å². The summed E-state index contributed by atoms with van der Waals surface area (Å²) in [5, 5.41) is 5.68. The molecule has 8 heteroatoms. The molecule has 1 saturated carbocycles. The van der Waals surface area contributed by atoms with Gasteiger partial charge in [0.25, 0.3) is 5.91 Å². The van der Waals surface area contributed by atoms with Gasteiger partial charge in [-0.3, -0.25) is 19.3 Å². The molecule has 1 aliphatic carbocycles. The first-order valence-corrected chi connectivity index (χ1v) is 9.81. The lowest BCUT2D eigenvalue weighted by atomic mass is 9.98. The van der Waals surface area contributed by atoms with Crippen LogP contribution in [0.1, 0.15) is 66.2 Å². The zero-order valence-electron chi connectivity index (χ0n) is 16.9. The van der Waals surface area contributed by atoms with Crippen LogP contribution in [0.4, 0.5) is 4.79 Å². The average Bonchev–Trinajstić information content (AvgIpc) is 3.11. The molecule has 0 aromatic carbocycles. The number of hydrogen-bond acceptors (Lipinski definition) is 4. The minimum Gasteiger partial charge on any atom is -0.350 e. The first-order chi connectivity index (χ1) is 12.6. The Morgan fingerprint density at radius 3 is 2.41 bits per heavy atom. The highest BCUT2D eigenvalue weighted by Gasteiger charge is 2.52. The SMILES string of the molecule is CCN(CC(=O)NC(C)(C)C)C(=O)CCCN1C(=O)NC2(CCCC2)C1=O. The van der Waals surface area contributed by atoms with Gasteiger partial charge in [0.1, 0.15) is 5.54 Å². The zero-order chi connectivity index (χ0) is 20.2. The van der Waals surface area contributed by atoms with Crippen molar-refractivity contribution in [3.63, 3.8) is 0 Å². The monoisotopic (exact) mass is 380 g/mol. The maximum atomic E-state index is 12.6. The largest absolute Gasteiger partial charge is 0.350 e. The number of rotatable bonds is 7. The van der Waals surface area contributed by atoms with E-state index in [0.717, 1.165) is 12.8 Å². The summed E-state index contributed by atoms with van der Waals surface area (Å²) in [6.07, 6.45) is 3.87. The number of imide groups is 1. The summed E-state index contributed by atoms with van der Waals surface area (Å²) in [5.74, 6) is -0.506. The number of likely N-dealkylation sites (N-methyl/N-ethyl adjacent to an activating group) is 1. The number of amides is 5. The van der Waals surface area contributed by atoms with Crippen LogP contribution in [0.25, 0.3) is 0 Å². The number of hydrogen-bond donors (Lipinski definition) is 2. The van der Waals surface area contributed by atoms with E-state index in [-0.39, 0.29) is 48.8 Å². The number of carbonyl (C=O) groups is 4. The Morgan fingerprint density at radius 2 is 1.85 bits per heavy atom. The average molecular weight is 380 g/mol. The van der Waals surface area contributed by atoms with Crippen LogP contribution < -0.4 is 10.6 Å². The summed E-state index contributed by atoms with van der Waals surface area (Å²) in [6, 6.07) is -0.355. The van der Waals surface area contributed by atoms with Gasteiger partial charge in [-0.15, -0.1) is 0 Å². The van der Waals surface area contributed by atoms with Crippen molar-refractivity contribution in [1.82, 2.24) is 20.4 Å². The predicted molar refractivity (Wildman–Crippen MR) is 101 cm³/mol. The van der Waals surface area contributed by atoms with Crippen LogP contribution in [0.15, 0.2) is 0 Å². The molecule has 2 rings (SSSR count). The molecule has 27 heavy (non-hydrogen) atoms. The van der Waals surface area contributed by atoms with E-state index >= 15 is 0 Å². The Hall–Kier alpha value is -2.12. The van der Waals surface area contributed by atoms with Gasteiger partial charge < -0.3 is 15.5 Å². The van der Waals surface area contributed by atoms with Gasteiger partial charge in [0.15, 0.2) is 0 Å². The van der Waals surface area contributed by atoms with Gasteiger partial charge >= 0.3 is 6.03 Å². The smallest absolute Gasteiger partial charge is 0.325 e. The minimum atomic E-state index is -0.707. The lowest BCUT2D eigenvalue weighted by molar-refractivity contribution is -0.136. The minimum absolute atomic E-state index is 0.0127. The summed E-state index contributed by atoms with van der Waals surface area (Å²) in [6.45, 7) is 8.16. The van der Waals surface area contributed by atoms with Crippen molar-refractivity contribution in [3.05, 3.63) is 0 Å². The Labute approximate surface area is 161 Å². The molecule has 1 spiro atoms. The van der Waals surface area contributed by atoms with Crippen LogP contribution in [-0.2, 0) is 14.4 Å². The molecular weight excluding hydrogens is 348 g/mol. The fraction of sp³-hybridized carbons (Fsp3) is 0.789. The lowest BCUT2D eigenvalue weighted by Gasteiger charge is -2.25. The topological polar surface area (TPSA) is 98.8 Å². The Morgan fingerprint density at radius 1 is 1.22 bits per heavy atom. The van der Waals surface area contributed by atoms with E-state index in [4.69, 9.17) is 0 Å². The molecule has 0 unspecified atom stereocenters. The van der Waals surface area contributed by atoms with Crippen LogP contribution in [0.5, 0.6) is 0 Å². The predicted octanol–water partition coefficient (Wildman–Crippen LogP) is 1.39. The van der Waals surface area contributed by atoms with E-state index in [1.807, 2.05) is 27.7 Å². The van der Waals surface area contributed by atoms with Crippen molar-refractivity contribution in [2.45, 2.75) is 77.3 Å². The third-order valence-corrected chi connectivity index (χ3v) is 5.06. The second kappa shape index (κ2) is 8.27. The van der Waals surface area contributed by atoms with E-state index in [2.05, 4.69) is 10.6 Å². The molecule has 1 heterocycles. The molecule has 2 fully saturated rings. The number of nitrogens with zero attached hydrogens (tertiary/aromatic N) is 2. The highest BCUT2D eigenvalue weighted by atomic mass is 16.2. The number of nitrogens with one attached hydrogen (secondary N) is 2. The first kappa shape index (κ1) is 21.2. The van der Waals surface area contributed by atoms with Crippen molar-refractivity contribution in [1.29, 1.82) is 0 Å². The summed E-state index contributed by atoms with van der Waals surface area (Å²) < 4.78 is 0. The second-order valence-corrected chi connectivity index (χ2v) is 8.49. The first-order valence-electron chi connectivity index (χ1n) is 9.81. The van der Waals surface area contributed by atoms with E-state index in [9.17, 15) is 19.2 Å². The van der Waals surface area contributed by atoms with E-state index in [1.54, 1.807) is 0 Å². The Bertz CT molecular complexity index is 605. The molecule has 2 N–H and O–H groups in total. The number of carbonyl (C=O) groups excluding carboxylic acids is 4. The molecule has 5 amide bonds. The van der Waals surface area contributed by atoms with Gasteiger partial charge in [-0.25, -0.2) is 4.79 Å². The maximum absolute atomic E-state index is 12.6. The third-order valence-electron chi connectivity index (χ3n) is 5.06. The van der Waals surface area contributed by atoms with Crippen LogP contribution in [0, 0.1) is 0 Å². The molecule has 0 atom stereocenters. The Balaban J connectivity index is 1.81. The summed E-state index contributed by atoms with van der Waals surface area (Å²) >= 11 is 0. The van der Waals surface area contributed by atoms with Crippen LogP contribution in [0.2, 0.25) is 0 Å². The number of urea groups is 1. The van der Waals surface area contributed by atoms with Gasteiger partial charge in [0.05, 0.1) is 6.54 Å². The Kier molecular flexibility index (Phi) is 6.49. The third kappa shape index (κ3) is 5.20. The van der Waals surface area contributed by atoms with Gasteiger partial charge in [0, 0.05) is 25.0 Å². The zero-order valence-corrected chi connectivity index (χ0v) is 16.9. The molecule has 152 valence electrons. The highest BCUT2D eigenvalue weighted by Crippen LogP contribution is 2.35. The van der Waals surface area contributed by atoms with Gasteiger partial charge in [0.2, 0.25) is 11.8 Å². The fourth-order valence-electron chi connectivity index (χ4n) is 3.75. The van der Waals surface area contributed by atoms with Crippen LogP contribution >= 0.6 is 0 Å². The van der Waals surface area contributed by atoms with Crippen molar-refractivity contribution < 1.29 is 19.2 Å². The maximum Gasteiger partial charge on any atom is 0.325 e. The fourth-order valence-corrected chi connectivity index (χ4v) is 3.75. The molecule has 0 bridgehead atoms. The molecule has 1 aliphatic heterocycles. The summed E-state index contributed by atoms with van der Waals surface area (Å²) in [4.78, 5) is 51.9. The molecule has 0 aromatic heterocycles. The van der Waals surface area contributed by atoms with Crippen molar-refractivity contribution in [2.24, 2.45) is 0 Å². The van der Waals surface area contributed by atoms with Gasteiger partial charge in [-0.1, -0.05) is 12.8 Å². The molecule has 1 saturated heterocycles. The highest BCUT2D eigenvalue weighted by molar-refractivity contribution is 6.07. The molecule has 2 aliphatic rings. The summed E-state index contributed by atoms with van der Waals surface area (Å²) in [5.41, 5.74) is -1.05. The van der Waals surface area contributed by atoms with Crippen LogP contribution in [-0.4, -0.2) is 64.3 Å². The standard InChI is InChI=1S/C19H32N4O4/c1-5-22(13-14(24)20-18(2,3)4)15(25)9-8-12-23-16(26)19(21-17(23)27)10-6-7-11-19/h5-13H2,1-4H3,(H,20,24)(H,21,27). The van der Waals surface area contributed by atoms with E-state index in [0.29, 0.717) is 25.8 Å². The van der Waals surface area contributed by atoms with E-state index < -0.39 is 5.54 Å². The molecule has 0 aromatic rings. The van der Waals surface area contributed by atoms with Crippen molar-refractivity contribution in [3.8, 4) is 0 Å². The second-order valence-electron chi connectivity index (χ2n) is 8.49. The normalized spacial score (nSPS) is 18.7. The quantitative estimate of drug-likeness (QED) is 0.652. The van der Waals surface area contributed by atoms with Crippen molar-refractivity contribution in [2.75, 3.05) is 19.6 Å². The summed E-state index contributed by atoms with van der Waals surface area (Å²) in [7, 11) is 0. The van der Waals surface area contributed by atoms with Gasteiger partial charge in [-0.05, 0) is 47.0 Å². The lowest BCUT2D eigenvalue weighted by Crippen LogP contribution is -2.47.